The topological polar surface area (TPSA) is 55.1 Å². The second-order valence-electron chi connectivity index (χ2n) is 4.14. The van der Waals surface area contributed by atoms with Crippen molar-refractivity contribution in [2.45, 2.75) is 20.4 Å². The van der Waals surface area contributed by atoms with Crippen molar-refractivity contribution >= 4 is 5.97 Å². The molecule has 0 unspecified atom stereocenters. The smallest absolute Gasteiger partial charge is 0.325 e. The van der Waals surface area contributed by atoms with Gasteiger partial charge in [0.25, 0.3) is 0 Å². The zero-order chi connectivity index (χ0) is 12.4. The van der Waals surface area contributed by atoms with Crippen LogP contribution in [0.1, 0.15) is 11.1 Å². The first-order valence-electron chi connectivity index (χ1n) is 5.38. The number of carboxylic acid groups (broad SMARTS) is 1. The third-order valence-corrected chi connectivity index (χ3v) is 2.62. The van der Waals surface area contributed by atoms with Crippen LogP contribution in [0.15, 0.2) is 30.6 Å². The fourth-order valence-corrected chi connectivity index (χ4v) is 1.87. The Hall–Kier alpha value is -2.10. The molecule has 2 aromatic rings. The van der Waals surface area contributed by atoms with E-state index in [-0.39, 0.29) is 6.54 Å². The molecular weight excluding hydrogens is 216 g/mol. The number of carbonyl (C=O) groups is 1. The number of hydrogen-bond acceptors (Lipinski definition) is 2. The standard InChI is InChI=1S/C13H14N2O2/c1-9-3-4-12(10(2)5-9)11-6-14-15(7-11)8-13(16)17/h3-7H,8H2,1-2H3,(H,16,17). The van der Waals surface area contributed by atoms with E-state index in [0.29, 0.717) is 0 Å². The maximum Gasteiger partial charge on any atom is 0.325 e. The summed E-state index contributed by atoms with van der Waals surface area (Å²) in [4.78, 5) is 10.6. The van der Waals surface area contributed by atoms with Crippen LogP contribution in [-0.2, 0) is 11.3 Å². The molecule has 0 amide bonds. The number of hydrogen-bond donors (Lipinski definition) is 1. The first kappa shape index (κ1) is 11.4. The molecule has 1 aromatic heterocycles. The van der Waals surface area contributed by atoms with Crippen molar-refractivity contribution in [2.24, 2.45) is 0 Å². The highest BCUT2D eigenvalue weighted by molar-refractivity contribution is 5.68. The van der Waals surface area contributed by atoms with Crippen molar-refractivity contribution in [1.82, 2.24) is 9.78 Å². The fraction of sp³-hybridized carbons (Fsp3) is 0.231. The Balaban J connectivity index is 2.33. The zero-order valence-corrected chi connectivity index (χ0v) is 9.84. The van der Waals surface area contributed by atoms with Crippen LogP contribution in [0.2, 0.25) is 0 Å². The Kier molecular flexibility index (Phi) is 2.95. The highest BCUT2D eigenvalue weighted by Crippen LogP contribution is 2.23. The minimum atomic E-state index is -0.889. The van der Waals surface area contributed by atoms with Gasteiger partial charge in [-0.3, -0.25) is 9.48 Å². The quantitative estimate of drug-likeness (QED) is 0.879. The van der Waals surface area contributed by atoms with Crippen LogP contribution >= 0.6 is 0 Å². The van der Waals surface area contributed by atoms with Gasteiger partial charge in [0.2, 0.25) is 0 Å². The second-order valence-corrected chi connectivity index (χ2v) is 4.14. The van der Waals surface area contributed by atoms with Crippen LogP contribution in [-0.4, -0.2) is 20.9 Å². The molecule has 0 spiro atoms. The SMILES string of the molecule is Cc1ccc(-c2cnn(CC(=O)O)c2)c(C)c1. The van der Waals surface area contributed by atoms with Crippen LogP contribution in [0.25, 0.3) is 11.1 Å². The first-order valence-corrected chi connectivity index (χ1v) is 5.38. The summed E-state index contributed by atoms with van der Waals surface area (Å²) >= 11 is 0. The predicted octanol–water partition coefficient (Wildman–Crippen LogP) is 2.25. The molecule has 0 atom stereocenters. The molecular formula is C13H14N2O2. The summed E-state index contributed by atoms with van der Waals surface area (Å²) in [5, 5.41) is 12.7. The van der Waals surface area contributed by atoms with E-state index >= 15 is 0 Å². The van der Waals surface area contributed by atoms with Gasteiger partial charge in [0.1, 0.15) is 6.54 Å². The van der Waals surface area contributed by atoms with E-state index in [1.54, 1.807) is 12.4 Å². The highest BCUT2D eigenvalue weighted by atomic mass is 16.4. The fourth-order valence-electron chi connectivity index (χ4n) is 1.87. The molecule has 0 aliphatic rings. The Morgan fingerprint density at radius 1 is 1.41 bits per heavy atom. The van der Waals surface area contributed by atoms with E-state index in [1.165, 1.54) is 15.8 Å². The van der Waals surface area contributed by atoms with Gasteiger partial charge in [-0.25, -0.2) is 0 Å². The average Bonchev–Trinajstić information content (AvgIpc) is 2.65. The van der Waals surface area contributed by atoms with Gasteiger partial charge in [-0.05, 0) is 25.0 Å². The van der Waals surface area contributed by atoms with E-state index < -0.39 is 5.97 Å². The lowest BCUT2D eigenvalue weighted by atomic mass is 10.0. The Morgan fingerprint density at radius 3 is 2.82 bits per heavy atom. The van der Waals surface area contributed by atoms with Gasteiger partial charge in [0.05, 0.1) is 6.20 Å². The van der Waals surface area contributed by atoms with Gasteiger partial charge in [-0.1, -0.05) is 23.8 Å². The number of benzene rings is 1. The molecule has 0 saturated heterocycles. The molecule has 0 aliphatic heterocycles. The molecule has 4 nitrogen and oxygen atoms in total. The Morgan fingerprint density at radius 2 is 2.18 bits per heavy atom. The minimum absolute atomic E-state index is 0.106. The van der Waals surface area contributed by atoms with Crippen LogP contribution in [0.3, 0.4) is 0 Å². The monoisotopic (exact) mass is 230 g/mol. The number of carboxylic acids is 1. The molecule has 1 aromatic carbocycles. The molecule has 1 N–H and O–H groups in total. The maximum atomic E-state index is 10.6. The van der Waals surface area contributed by atoms with Gasteiger partial charge in [0, 0.05) is 11.8 Å². The van der Waals surface area contributed by atoms with Crippen molar-refractivity contribution in [1.29, 1.82) is 0 Å². The summed E-state index contributed by atoms with van der Waals surface area (Å²) in [6, 6.07) is 6.17. The Bertz CT molecular complexity index is 558. The summed E-state index contributed by atoms with van der Waals surface area (Å²) < 4.78 is 1.43. The number of aliphatic carboxylic acids is 1. The molecule has 2 rings (SSSR count). The third kappa shape index (κ3) is 2.53. The van der Waals surface area contributed by atoms with Crippen molar-refractivity contribution in [3.05, 3.63) is 41.7 Å². The maximum absolute atomic E-state index is 10.6. The summed E-state index contributed by atoms with van der Waals surface area (Å²) in [6.45, 7) is 3.98. The molecule has 17 heavy (non-hydrogen) atoms. The molecule has 0 radical (unpaired) electrons. The number of aromatic nitrogens is 2. The van der Waals surface area contributed by atoms with E-state index in [2.05, 4.69) is 11.2 Å². The van der Waals surface area contributed by atoms with Crippen molar-refractivity contribution in [2.75, 3.05) is 0 Å². The van der Waals surface area contributed by atoms with Gasteiger partial charge in [-0.2, -0.15) is 5.10 Å². The largest absolute Gasteiger partial charge is 0.480 e. The molecule has 0 fully saturated rings. The van der Waals surface area contributed by atoms with Crippen LogP contribution in [0, 0.1) is 13.8 Å². The van der Waals surface area contributed by atoms with Gasteiger partial charge < -0.3 is 5.11 Å². The summed E-state index contributed by atoms with van der Waals surface area (Å²) in [6.07, 6.45) is 3.45. The summed E-state index contributed by atoms with van der Waals surface area (Å²) in [7, 11) is 0. The third-order valence-electron chi connectivity index (χ3n) is 2.62. The van der Waals surface area contributed by atoms with Gasteiger partial charge in [0.15, 0.2) is 0 Å². The Labute approximate surface area is 99.5 Å². The molecule has 0 bridgehead atoms. The second kappa shape index (κ2) is 4.41. The lowest BCUT2D eigenvalue weighted by molar-refractivity contribution is -0.137. The molecule has 0 aliphatic carbocycles. The lowest BCUT2D eigenvalue weighted by Gasteiger charge is -2.03. The predicted molar refractivity (Wildman–Crippen MR) is 64.8 cm³/mol. The molecule has 1 heterocycles. The number of rotatable bonds is 3. The normalized spacial score (nSPS) is 10.5. The molecule has 88 valence electrons. The molecule has 0 saturated carbocycles. The van der Waals surface area contributed by atoms with Crippen LogP contribution in [0.4, 0.5) is 0 Å². The zero-order valence-electron chi connectivity index (χ0n) is 9.84. The summed E-state index contributed by atoms with van der Waals surface area (Å²) in [5.74, 6) is -0.889. The van der Waals surface area contributed by atoms with E-state index in [1.807, 2.05) is 26.0 Å². The van der Waals surface area contributed by atoms with Gasteiger partial charge in [-0.15, -0.1) is 0 Å². The lowest BCUT2D eigenvalue weighted by Crippen LogP contribution is -2.08. The highest BCUT2D eigenvalue weighted by Gasteiger charge is 2.06. The van der Waals surface area contributed by atoms with Crippen LogP contribution < -0.4 is 0 Å². The van der Waals surface area contributed by atoms with Gasteiger partial charge >= 0.3 is 5.97 Å². The minimum Gasteiger partial charge on any atom is -0.480 e. The number of nitrogens with zero attached hydrogens (tertiary/aromatic N) is 2. The first-order chi connectivity index (χ1) is 8.06. The van der Waals surface area contributed by atoms with E-state index in [9.17, 15) is 4.79 Å². The van der Waals surface area contributed by atoms with Crippen molar-refractivity contribution < 1.29 is 9.90 Å². The molecule has 4 heteroatoms. The number of aryl methyl sites for hydroxylation is 2. The van der Waals surface area contributed by atoms with Crippen molar-refractivity contribution in [3.8, 4) is 11.1 Å². The summed E-state index contributed by atoms with van der Waals surface area (Å²) in [5.41, 5.74) is 4.42. The van der Waals surface area contributed by atoms with E-state index in [0.717, 1.165) is 11.1 Å². The van der Waals surface area contributed by atoms with Crippen molar-refractivity contribution in [3.63, 3.8) is 0 Å². The van der Waals surface area contributed by atoms with Crippen LogP contribution in [0.5, 0.6) is 0 Å². The van der Waals surface area contributed by atoms with E-state index in [4.69, 9.17) is 5.11 Å². The average molecular weight is 230 g/mol.